The second-order valence-corrected chi connectivity index (χ2v) is 3.96. The Kier molecular flexibility index (Phi) is 5.65. The predicted molar refractivity (Wildman–Crippen MR) is 64.6 cm³/mol. The highest BCUT2D eigenvalue weighted by molar-refractivity contribution is 6.32. The van der Waals surface area contributed by atoms with Crippen molar-refractivity contribution in [2.75, 3.05) is 26.8 Å². The van der Waals surface area contributed by atoms with Crippen molar-refractivity contribution in [2.24, 2.45) is 0 Å². The molecule has 0 aliphatic rings. The number of halogens is 2. The van der Waals surface area contributed by atoms with Crippen LogP contribution in [0.1, 0.15) is 10.4 Å². The Bertz CT molecular complexity index is 484. The van der Waals surface area contributed by atoms with Crippen LogP contribution in [-0.4, -0.2) is 53.7 Å². The minimum absolute atomic E-state index is 0.0501. The van der Waals surface area contributed by atoms with E-state index in [1.165, 1.54) is 7.11 Å². The maximum Gasteiger partial charge on any atom is 0.323 e. The van der Waals surface area contributed by atoms with Gasteiger partial charge in [0.05, 0.1) is 18.4 Å². The maximum atomic E-state index is 13.1. The number of carboxylic acids is 1. The molecule has 19 heavy (non-hydrogen) atoms. The lowest BCUT2D eigenvalue weighted by Crippen LogP contribution is -2.38. The highest BCUT2D eigenvalue weighted by Crippen LogP contribution is 2.16. The molecule has 0 aliphatic heterocycles. The van der Waals surface area contributed by atoms with Gasteiger partial charge in [-0.2, -0.15) is 0 Å². The number of carboxylic acid groups (broad SMARTS) is 1. The van der Waals surface area contributed by atoms with Crippen LogP contribution in [0, 0.1) is 5.82 Å². The summed E-state index contributed by atoms with van der Waals surface area (Å²) < 4.78 is 17.8. The highest BCUT2D eigenvalue weighted by atomic mass is 35.5. The summed E-state index contributed by atoms with van der Waals surface area (Å²) in [4.78, 5) is 27.3. The third-order valence-corrected chi connectivity index (χ3v) is 2.52. The zero-order valence-electron chi connectivity index (χ0n) is 10.1. The Morgan fingerprint density at radius 2 is 2.26 bits per heavy atom. The van der Waals surface area contributed by atoms with Gasteiger partial charge in [-0.3, -0.25) is 9.59 Å². The number of ether oxygens (including phenoxy) is 1. The van der Waals surface area contributed by atoms with Crippen molar-refractivity contribution in [1.82, 2.24) is 9.88 Å². The second-order valence-electron chi connectivity index (χ2n) is 3.61. The molecule has 0 radical (unpaired) electrons. The largest absolute Gasteiger partial charge is 0.480 e. The van der Waals surface area contributed by atoms with Gasteiger partial charge in [0, 0.05) is 13.7 Å². The van der Waals surface area contributed by atoms with Crippen molar-refractivity contribution in [3.63, 3.8) is 0 Å². The number of nitrogens with zero attached hydrogens (tertiary/aromatic N) is 2. The molecule has 104 valence electrons. The van der Waals surface area contributed by atoms with Gasteiger partial charge in [0.15, 0.2) is 0 Å². The third-order valence-electron chi connectivity index (χ3n) is 2.21. The van der Waals surface area contributed by atoms with E-state index >= 15 is 0 Å². The zero-order valence-corrected chi connectivity index (χ0v) is 10.9. The molecule has 0 aromatic carbocycles. The van der Waals surface area contributed by atoms with E-state index in [1.807, 2.05) is 0 Å². The number of amides is 1. The molecule has 0 unspecified atom stereocenters. The zero-order chi connectivity index (χ0) is 14.4. The number of hydrogen-bond donors (Lipinski definition) is 1. The van der Waals surface area contributed by atoms with Crippen LogP contribution >= 0.6 is 11.6 Å². The standard InChI is InChI=1S/C11H12ClFN2O4/c1-19-3-2-15(6-9(16)17)11(18)8-4-7(13)5-14-10(8)12/h4-5H,2-3,6H2,1H3,(H,16,17). The minimum atomic E-state index is -1.19. The van der Waals surface area contributed by atoms with Gasteiger partial charge in [0.2, 0.25) is 0 Å². The van der Waals surface area contributed by atoms with Gasteiger partial charge in [0.1, 0.15) is 17.5 Å². The van der Waals surface area contributed by atoms with Crippen LogP contribution in [-0.2, 0) is 9.53 Å². The fraction of sp³-hybridized carbons (Fsp3) is 0.364. The molecule has 1 aromatic heterocycles. The third kappa shape index (κ3) is 4.46. The summed E-state index contributed by atoms with van der Waals surface area (Å²) >= 11 is 5.70. The van der Waals surface area contributed by atoms with Gasteiger partial charge in [-0.1, -0.05) is 11.6 Å². The first-order valence-electron chi connectivity index (χ1n) is 5.26. The molecular weight excluding hydrogens is 279 g/mol. The van der Waals surface area contributed by atoms with Crippen LogP contribution in [0.4, 0.5) is 4.39 Å². The van der Waals surface area contributed by atoms with Crippen LogP contribution in [0.15, 0.2) is 12.3 Å². The van der Waals surface area contributed by atoms with E-state index in [2.05, 4.69) is 4.98 Å². The second kappa shape index (κ2) is 7.01. The fourth-order valence-electron chi connectivity index (χ4n) is 1.36. The number of hydrogen-bond acceptors (Lipinski definition) is 4. The molecule has 6 nitrogen and oxygen atoms in total. The van der Waals surface area contributed by atoms with Crippen molar-refractivity contribution >= 4 is 23.5 Å². The molecule has 1 N–H and O–H groups in total. The molecule has 0 saturated heterocycles. The van der Waals surface area contributed by atoms with Crippen molar-refractivity contribution in [3.05, 3.63) is 28.8 Å². The lowest BCUT2D eigenvalue weighted by atomic mass is 10.2. The minimum Gasteiger partial charge on any atom is -0.480 e. The number of methoxy groups -OCH3 is 1. The molecule has 1 amide bonds. The Morgan fingerprint density at radius 3 is 2.84 bits per heavy atom. The highest BCUT2D eigenvalue weighted by Gasteiger charge is 2.21. The average Bonchev–Trinajstić information content (AvgIpc) is 2.36. The molecule has 0 bridgehead atoms. The van der Waals surface area contributed by atoms with Crippen LogP contribution < -0.4 is 0 Å². The van der Waals surface area contributed by atoms with Crippen molar-refractivity contribution in [2.45, 2.75) is 0 Å². The Balaban J connectivity index is 2.97. The molecule has 0 fully saturated rings. The predicted octanol–water partition coefficient (Wildman–Crippen LogP) is 1.05. The van der Waals surface area contributed by atoms with E-state index in [0.29, 0.717) is 0 Å². The van der Waals surface area contributed by atoms with Crippen molar-refractivity contribution in [1.29, 1.82) is 0 Å². The summed E-state index contributed by atoms with van der Waals surface area (Å²) in [5.74, 6) is -2.63. The van der Waals surface area contributed by atoms with E-state index in [0.717, 1.165) is 17.2 Å². The normalized spacial score (nSPS) is 10.3. The molecule has 1 rings (SSSR count). The summed E-state index contributed by atoms with van der Waals surface area (Å²) in [5, 5.41) is 8.56. The van der Waals surface area contributed by atoms with Crippen LogP contribution in [0.5, 0.6) is 0 Å². The van der Waals surface area contributed by atoms with Crippen LogP contribution in [0.3, 0.4) is 0 Å². The first-order chi connectivity index (χ1) is 8.95. The van der Waals surface area contributed by atoms with Gasteiger partial charge in [-0.05, 0) is 6.07 Å². The number of aromatic nitrogens is 1. The van der Waals surface area contributed by atoms with Crippen LogP contribution in [0.25, 0.3) is 0 Å². The lowest BCUT2D eigenvalue weighted by molar-refractivity contribution is -0.137. The van der Waals surface area contributed by atoms with Crippen molar-refractivity contribution in [3.8, 4) is 0 Å². The Labute approximate surface area is 113 Å². The quantitative estimate of drug-likeness (QED) is 0.792. The van der Waals surface area contributed by atoms with Gasteiger partial charge >= 0.3 is 5.97 Å². The molecule has 1 heterocycles. The fourth-order valence-corrected chi connectivity index (χ4v) is 1.54. The molecule has 0 atom stereocenters. The number of carbonyl (C=O) groups excluding carboxylic acids is 1. The topological polar surface area (TPSA) is 79.7 Å². The van der Waals surface area contributed by atoms with Gasteiger partial charge in [0.25, 0.3) is 5.91 Å². The smallest absolute Gasteiger partial charge is 0.323 e. The molecule has 1 aromatic rings. The summed E-state index contributed by atoms with van der Waals surface area (Å²) in [5.41, 5.74) is -0.181. The summed E-state index contributed by atoms with van der Waals surface area (Å²) in [7, 11) is 1.42. The number of rotatable bonds is 6. The van der Waals surface area contributed by atoms with E-state index in [-0.39, 0.29) is 23.9 Å². The number of carbonyl (C=O) groups is 2. The van der Waals surface area contributed by atoms with Gasteiger partial charge in [-0.25, -0.2) is 9.37 Å². The molecule has 0 saturated carbocycles. The summed E-state index contributed by atoms with van der Waals surface area (Å²) in [6.07, 6.45) is 0.871. The number of pyridine rings is 1. The molecule has 8 heteroatoms. The molecular formula is C11H12ClFN2O4. The van der Waals surface area contributed by atoms with Gasteiger partial charge < -0.3 is 14.7 Å². The van der Waals surface area contributed by atoms with Gasteiger partial charge in [-0.15, -0.1) is 0 Å². The van der Waals surface area contributed by atoms with Crippen LogP contribution in [0.2, 0.25) is 5.15 Å². The first kappa shape index (κ1) is 15.3. The maximum absolute atomic E-state index is 13.1. The Hall–Kier alpha value is -1.73. The van der Waals surface area contributed by atoms with Crippen molar-refractivity contribution < 1.29 is 23.8 Å². The molecule has 0 aliphatic carbocycles. The van der Waals surface area contributed by atoms with E-state index in [9.17, 15) is 14.0 Å². The first-order valence-corrected chi connectivity index (χ1v) is 5.64. The van der Waals surface area contributed by atoms with E-state index < -0.39 is 24.2 Å². The molecule has 0 spiro atoms. The monoisotopic (exact) mass is 290 g/mol. The SMILES string of the molecule is COCCN(CC(=O)O)C(=O)c1cc(F)cnc1Cl. The lowest BCUT2D eigenvalue weighted by Gasteiger charge is -2.20. The summed E-state index contributed by atoms with van der Waals surface area (Å²) in [6, 6.07) is 0.916. The number of aliphatic carboxylic acids is 1. The van der Waals surface area contributed by atoms with E-state index in [1.54, 1.807) is 0 Å². The Morgan fingerprint density at radius 1 is 1.58 bits per heavy atom. The average molecular weight is 291 g/mol. The summed E-state index contributed by atoms with van der Waals surface area (Å²) in [6.45, 7) is -0.330. The van der Waals surface area contributed by atoms with E-state index in [4.69, 9.17) is 21.4 Å².